The highest BCUT2D eigenvalue weighted by Gasteiger charge is 2.26. The summed E-state index contributed by atoms with van der Waals surface area (Å²) in [4.78, 5) is 17.0. The Hall–Kier alpha value is -1.43. The number of likely N-dealkylation sites (N-methyl/N-ethyl adjacent to an activating group) is 1. The van der Waals surface area contributed by atoms with E-state index in [0.29, 0.717) is 6.04 Å². The fraction of sp³-hybridized carbons (Fsp3) is 0.632. The number of hydrogen-bond donors (Lipinski definition) is 2. The zero-order chi connectivity index (χ0) is 16.8. The van der Waals surface area contributed by atoms with Gasteiger partial charge in [0.15, 0.2) is 0 Å². The zero-order valence-corrected chi connectivity index (χ0v) is 14.7. The van der Waals surface area contributed by atoms with Gasteiger partial charge in [-0.2, -0.15) is 0 Å². The van der Waals surface area contributed by atoms with Crippen molar-refractivity contribution in [3.8, 4) is 0 Å². The van der Waals surface area contributed by atoms with E-state index in [0.717, 1.165) is 58.5 Å². The molecule has 0 bridgehead atoms. The van der Waals surface area contributed by atoms with Gasteiger partial charge < -0.3 is 15.5 Å². The van der Waals surface area contributed by atoms with Gasteiger partial charge in [-0.15, -0.1) is 0 Å². The van der Waals surface area contributed by atoms with E-state index in [4.69, 9.17) is 0 Å². The molecule has 2 fully saturated rings. The lowest BCUT2D eigenvalue weighted by molar-refractivity contribution is -0.122. The maximum absolute atomic E-state index is 12.0. The Morgan fingerprint density at radius 2 is 2.12 bits per heavy atom. The third-order valence-corrected chi connectivity index (χ3v) is 5.18. The van der Waals surface area contributed by atoms with Crippen LogP contribution in [0.4, 0.5) is 0 Å². The van der Waals surface area contributed by atoms with Crippen LogP contribution < -0.4 is 10.6 Å². The van der Waals surface area contributed by atoms with Crippen LogP contribution in [0, 0.1) is 0 Å². The van der Waals surface area contributed by atoms with Crippen molar-refractivity contribution in [2.24, 2.45) is 0 Å². The van der Waals surface area contributed by atoms with Crippen molar-refractivity contribution >= 4 is 5.91 Å². The molecule has 132 valence electrons. The molecule has 3 rings (SSSR count). The lowest BCUT2D eigenvalue weighted by Gasteiger charge is -2.40. The summed E-state index contributed by atoms with van der Waals surface area (Å²) in [6, 6.07) is 11.3. The first kappa shape index (κ1) is 17.4. The molecule has 2 N–H and O–H groups in total. The number of nitrogens with one attached hydrogen (secondary N) is 2. The van der Waals surface area contributed by atoms with Crippen molar-refractivity contribution < 1.29 is 4.79 Å². The van der Waals surface area contributed by atoms with Gasteiger partial charge >= 0.3 is 0 Å². The van der Waals surface area contributed by atoms with Gasteiger partial charge in [-0.1, -0.05) is 30.3 Å². The predicted octanol–water partition coefficient (Wildman–Crippen LogP) is 1.23. The van der Waals surface area contributed by atoms with E-state index < -0.39 is 0 Å². The Morgan fingerprint density at radius 3 is 2.88 bits per heavy atom. The largest absolute Gasteiger partial charge is 0.355 e. The van der Waals surface area contributed by atoms with Crippen molar-refractivity contribution in [2.45, 2.75) is 31.3 Å². The number of amides is 1. The quantitative estimate of drug-likeness (QED) is 0.771. The van der Waals surface area contributed by atoms with Crippen LogP contribution in [0.5, 0.6) is 0 Å². The highest BCUT2D eigenvalue weighted by Crippen LogP contribution is 2.24. The smallest absolute Gasteiger partial charge is 0.237 e. The van der Waals surface area contributed by atoms with Crippen LogP contribution in [-0.4, -0.2) is 68.1 Å². The molecule has 2 saturated heterocycles. The number of hydrogen-bond acceptors (Lipinski definition) is 4. The van der Waals surface area contributed by atoms with Gasteiger partial charge in [0, 0.05) is 38.8 Å². The number of carbonyl (C=O) groups is 1. The van der Waals surface area contributed by atoms with Gasteiger partial charge in [-0.3, -0.25) is 9.69 Å². The third kappa shape index (κ3) is 4.56. The monoisotopic (exact) mass is 330 g/mol. The Morgan fingerprint density at radius 1 is 1.29 bits per heavy atom. The Labute approximate surface area is 145 Å². The second-order valence-electron chi connectivity index (χ2n) is 7.02. The van der Waals surface area contributed by atoms with Crippen LogP contribution in [0.2, 0.25) is 0 Å². The number of nitrogens with zero attached hydrogens (tertiary/aromatic N) is 2. The molecule has 2 atom stereocenters. The zero-order valence-electron chi connectivity index (χ0n) is 14.7. The highest BCUT2D eigenvalue weighted by atomic mass is 16.2. The van der Waals surface area contributed by atoms with E-state index in [-0.39, 0.29) is 11.9 Å². The van der Waals surface area contributed by atoms with Gasteiger partial charge in [-0.25, -0.2) is 0 Å². The van der Waals surface area contributed by atoms with Crippen LogP contribution in [0.15, 0.2) is 30.3 Å². The number of carbonyl (C=O) groups excluding carboxylic acids is 1. The molecule has 24 heavy (non-hydrogen) atoms. The Balaban J connectivity index is 1.46. The normalized spacial score (nSPS) is 25.7. The first-order chi connectivity index (χ1) is 11.7. The molecule has 0 radical (unpaired) electrons. The first-order valence-electron chi connectivity index (χ1n) is 9.22. The third-order valence-electron chi connectivity index (χ3n) is 5.18. The van der Waals surface area contributed by atoms with Crippen LogP contribution in [-0.2, 0) is 4.79 Å². The van der Waals surface area contributed by atoms with Gasteiger partial charge in [0.25, 0.3) is 0 Å². The molecular formula is C19H30N4O. The summed E-state index contributed by atoms with van der Waals surface area (Å²) in [6.07, 6.45) is 3.09. The van der Waals surface area contributed by atoms with Gasteiger partial charge in [0.1, 0.15) is 0 Å². The fourth-order valence-electron chi connectivity index (χ4n) is 3.74. The van der Waals surface area contributed by atoms with Crippen molar-refractivity contribution in [2.75, 3.05) is 46.3 Å². The molecule has 0 unspecified atom stereocenters. The summed E-state index contributed by atoms with van der Waals surface area (Å²) in [5.41, 5.74) is 1.39. The molecular weight excluding hydrogens is 300 g/mol. The van der Waals surface area contributed by atoms with Crippen molar-refractivity contribution in [1.29, 1.82) is 0 Å². The number of piperazine rings is 1. The SMILES string of the molecule is CN1CCN(CCCNC(=O)[C@@H]2CCCN2)[C@H](c2ccccc2)C1. The van der Waals surface area contributed by atoms with Crippen LogP contribution in [0.3, 0.4) is 0 Å². The summed E-state index contributed by atoms with van der Waals surface area (Å²) in [5, 5.41) is 6.34. The predicted molar refractivity (Wildman–Crippen MR) is 96.9 cm³/mol. The molecule has 0 aromatic heterocycles. The molecule has 1 aromatic carbocycles. The fourth-order valence-corrected chi connectivity index (χ4v) is 3.74. The minimum absolute atomic E-state index is 0.0331. The standard InChI is InChI=1S/C19H30N4O/c1-22-13-14-23(18(15-22)16-7-3-2-4-8-16)12-6-11-21-19(24)17-9-5-10-20-17/h2-4,7-8,17-18,20H,5-6,9-15H2,1H3,(H,21,24)/t17-,18-/m0/s1. The topological polar surface area (TPSA) is 47.6 Å². The van der Waals surface area contributed by atoms with E-state index in [1.807, 2.05) is 0 Å². The minimum atomic E-state index is 0.0331. The lowest BCUT2D eigenvalue weighted by atomic mass is 10.0. The van der Waals surface area contributed by atoms with Crippen molar-refractivity contribution in [3.63, 3.8) is 0 Å². The maximum Gasteiger partial charge on any atom is 0.237 e. The Bertz CT molecular complexity index is 515. The van der Waals surface area contributed by atoms with Crippen LogP contribution in [0.1, 0.15) is 30.9 Å². The summed E-state index contributed by atoms with van der Waals surface area (Å²) < 4.78 is 0. The molecule has 0 saturated carbocycles. The molecule has 2 heterocycles. The van der Waals surface area contributed by atoms with E-state index in [2.05, 4.69) is 57.8 Å². The van der Waals surface area contributed by atoms with Crippen LogP contribution >= 0.6 is 0 Å². The van der Waals surface area contributed by atoms with Gasteiger partial charge in [0.05, 0.1) is 6.04 Å². The van der Waals surface area contributed by atoms with E-state index in [1.54, 1.807) is 0 Å². The summed E-state index contributed by atoms with van der Waals surface area (Å²) in [6.45, 7) is 6.05. The molecule has 5 heteroatoms. The molecule has 0 aliphatic carbocycles. The summed E-state index contributed by atoms with van der Waals surface area (Å²) in [5.74, 6) is 0.172. The summed E-state index contributed by atoms with van der Waals surface area (Å²) >= 11 is 0. The van der Waals surface area contributed by atoms with Gasteiger partial charge in [0.2, 0.25) is 5.91 Å². The minimum Gasteiger partial charge on any atom is -0.355 e. The molecule has 1 aromatic rings. The molecule has 5 nitrogen and oxygen atoms in total. The highest BCUT2D eigenvalue weighted by molar-refractivity contribution is 5.81. The second-order valence-corrected chi connectivity index (χ2v) is 7.02. The Kier molecular flexibility index (Phi) is 6.24. The second kappa shape index (κ2) is 8.60. The van der Waals surface area contributed by atoms with E-state index in [9.17, 15) is 4.79 Å². The molecule has 0 spiro atoms. The first-order valence-corrected chi connectivity index (χ1v) is 9.22. The summed E-state index contributed by atoms with van der Waals surface area (Å²) in [7, 11) is 2.20. The lowest BCUT2D eigenvalue weighted by Crippen LogP contribution is -2.47. The maximum atomic E-state index is 12.0. The van der Waals surface area contributed by atoms with Crippen molar-refractivity contribution in [1.82, 2.24) is 20.4 Å². The average molecular weight is 330 g/mol. The average Bonchev–Trinajstić information content (AvgIpc) is 3.15. The molecule has 1 amide bonds. The number of benzene rings is 1. The molecule has 2 aliphatic heterocycles. The number of rotatable bonds is 6. The van der Waals surface area contributed by atoms with E-state index >= 15 is 0 Å². The van der Waals surface area contributed by atoms with Crippen molar-refractivity contribution in [3.05, 3.63) is 35.9 Å². The van der Waals surface area contributed by atoms with E-state index in [1.165, 1.54) is 5.56 Å². The molecule has 2 aliphatic rings. The van der Waals surface area contributed by atoms with Crippen LogP contribution in [0.25, 0.3) is 0 Å². The van der Waals surface area contributed by atoms with Gasteiger partial charge in [-0.05, 0) is 38.4 Å².